The van der Waals surface area contributed by atoms with Crippen molar-refractivity contribution in [2.24, 2.45) is 0 Å². The van der Waals surface area contributed by atoms with Crippen LogP contribution in [0.25, 0.3) is 0 Å². The Bertz CT molecular complexity index is 114. The van der Waals surface area contributed by atoms with Crippen molar-refractivity contribution in [2.75, 3.05) is 5.94 Å². The van der Waals surface area contributed by atoms with E-state index in [1.165, 1.54) is 0 Å². The van der Waals surface area contributed by atoms with Gasteiger partial charge in [0.15, 0.2) is 5.94 Å². The summed E-state index contributed by atoms with van der Waals surface area (Å²) in [5.41, 5.74) is 0. The molecule has 7 heavy (non-hydrogen) atoms. The molecule has 0 radical (unpaired) electrons. The van der Waals surface area contributed by atoms with Gasteiger partial charge in [0, 0.05) is 0 Å². The van der Waals surface area contributed by atoms with Crippen LogP contribution in [0.3, 0.4) is 0 Å². The molecule has 0 saturated carbocycles. The Morgan fingerprint density at radius 1 is 1.43 bits per heavy atom. The average Bonchev–Trinajstić information content (AvgIpc) is 1.35. The van der Waals surface area contributed by atoms with E-state index >= 15 is 0 Å². The quantitative estimate of drug-likeness (QED) is 0.418. The molecule has 0 aromatic rings. The van der Waals surface area contributed by atoms with Gasteiger partial charge in [0.25, 0.3) is 10.1 Å². The van der Waals surface area contributed by atoms with Gasteiger partial charge in [0.1, 0.15) is 0 Å². The van der Waals surface area contributed by atoms with Gasteiger partial charge in [-0.25, -0.2) is 0 Å². The van der Waals surface area contributed by atoms with Crippen molar-refractivity contribution in [1.29, 1.82) is 0 Å². The van der Waals surface area contributed by atoms with E-state index in [0.717, 1.165) is 0 Å². The molecule has 0 aromatic heterocycles. The fraction of sp³-hybridized carbons (Fsp3) is 1.00. The maximum atomic E-state index is 9.31. The van der Waals surface area contributed by atoms with Crippen molar-refractivity contribution in [3.63, 3.8) is 0 Å². The summed E-state index contributed by atoms with van der Waals surface area (Å²) in [6.45, 7) is 0. The van der Waals surface area contributed by atoms with Crippen LogP contribution in [-0.2, 0) is 10.1 Å². The molecule has 0 spiro atoms. The standard InChI is InChI=1S/CH4O4S.Bi.3H/c2-1-6(3,4)5;;;;/h2H,1H2,(H,3,4,5);;;;. The summed E-state index contributed by atoms with van der Waals surface area (Å²) in [5, 5.41) is 7.56. The molecule has 0 fully saturated rings. The molecule has 0 aliphatic heterocycles. The molecule has 0 heterocycles. The Morgan fingerprint density at radius 3 is 1.57 bits per heavy atom. The zero-order valence-corrected chi connectivity index (χ0v) is 9.85. The second-order valence-electron chi connectivity index (χ2n) is 0.711. The maximum absolute atomic E-state index is 9.31. The van der Waals surface area contributed by atoms with E-state index in [1.807, 2.05) is 0 Å². The summed E-state index contributed by atoms with van der Waals surface area (Å²) in [7, 11) is -4.11. The molecule has 0 atom stereocenters. The fourth-order valence-electron chi connectivity index (χ4n) is 0. The molecule has 0 rings (SSSR count). The molecule has 0 unspecified atom stereocenters. The third-order valence-electron chi connectivity index (χ3n) is 0.163. The van der Waals surface area contributed by atoms with E-state index in [1.54, 1.807) is 0 Å². The van der Waals surface area contributed by atoms with Crippen molar-refractivity contribution >= 4 is 36.3 Å². The summed E-state index contributed by atoms with van der Waals surface area (Å²) in [6, 6.07) is 0. The summed E-state index contributed by atoms with van der Waals surface area (Å²) >= 11 is 0. The Labute approximate surface area is 60.4 Å². The zero-order chi connectivity index (χ0) is 5.21. The molecular formula is CH7BiO4S. The topological polar surface area (TPSA) is 74.6 Å². The SMILES string of the molecule is O=S(=O)(O)CO.[BiH3]. The second kappa shape index (κ2) is 3.72. The Balaban J connectivity index is 0. The van der Waals surface area contributed by atoms with Gasteiger partial charge in [-0.15, -0.1) is 0 Å². The monoisotopic (exact) mass is 324 g/mol. The van der Waals surface area contributed by atoms with Crippen molar-refractivity contribution < 1.29 is 18.1 Å². The van der Waals surface area contributed by atoms with E-state index in [2.05, 4.69) is 0 Å². The van der Waals surface area contributed by atoms with Crippen LogP contribution < -0.4 is 0 Å². The van der Waals surface area contributed by atoms with E-state index in [-0.39, 0.29) is 26.2 Å². The Hall–Kier alpha value is 0.753. The molecule has 4 nitrogen and oxygen atoms in total. The number of hydrogen-bond donors (Lipinski definition) is 2. The summed E-state index contributed by atoms with van der Waals surface area (Å²) in [6.07, 6.45) is 0. The number of rotatable bonds is 1. The van der Waals surface area contributed by atoms with Crippen LogP contribution in [0.1, 0.15) is 0 Å². The second-order valence-corrected chi connectivity index (χ2v) is 2.13. The molecule has 0 bridgehead atoms. The Kier molecular flexibility index (Phi) is 5.67. The van der Waals surface area contributed by atoms with Gasteiger partial charge in [0.2, 0.25) is 0 Å². The fourth-order valence-corrected chi connectivity index (χ4v) is 0. The van der Waals surface area contributed by atoms with Crippen molar-refractivity contribution in [3.8, 4) is 0 Å². The molecule has 2 N–H and O–H groups in total. The normalized spacial score (nSPS) is 10.0. The van der Waals surface area contributed by atoms with Crippen LogP contribution in [-0.4, -0.2) is 50.2 Å². The summed E-state index contributed by atoms with van der Waals surface area (Å²) < 4.78 is 26.2. The number of aliphatic hydroxyl groups excluding tert-OH is 1. The number of hydrogen-bond acceptors (Lipinski definition) is 3. The van der Waals surface area contributed by atoms with Gasteiger partial charge >= 0.3 is 26.2 Å². The first-order chi connectivity index (χ1) is 2.56. The summed E-state index contributed by atoms with van der Waals surface area (Å²) in [4.78, 5) is 0. The van der Waals surface area contributed by atoms with E-state index in [9.17, 15) is 8.42 Å². The molecule has 0 aliphatic carbocycles. The van der Waals surface area contributed by atoms with Crippen molar-refractivity contribution in [3.05, 3.63) is 0 Å². The van der Waals surface area contributed by atoms with Gasteiger partial charge in [-0.1, -0.05) is 0 Å². The van der Waals surface area contributed by atoms with Crippen LogP contribution in [0.5, 0.6) is 0 Å². The van der Waals surface area contributed by atoms with Gasteiger partial charge in [-0.3, -0.25) is 4.55 Å². The third kappa shape index (κ3) is 10.8. The van der Waals surface area contributed by atoms with Gasteiger partial charge < -0.3 is 5.11 Å². The molecule has 0 aliphatic rings. The minimum absolute atomic E-state index is 0. The van der Waals surface area contributed by atoms with E-state index in [0.29, 0.717) is 0 Å². The van der Waals surface area contributed by atoms with Gasteiger partial charge in [-0.05, 0) is 0 Å². The predicted molar refractivity (Wildman–Crippen MR) is 28.6 cm³/mol. The first kappa shape index (κ1) is 10.7. The first-order valence-corrected chi connectivity index (χ1v) is 2.73. The predicted octanol–water partition coefficient (Wildman–Crippen LogP) is -2.36. The van der Waals surface area contributed by atoms with E-state index in [4.69, 9.17) is 9.66 Å². The van der Waals surface area contributed by atoms with Gasteiger partial charge in [-0.2, -0.15) is 8.42 Å². The molecule has 0 aromatic carbocycles. The third-order valence-corrected chi connectivity index (χ3v) is 0.489. The number of aliphatic hydroxyl groups is 1. The van der Waals surface area contributed by atoms with Crippen molar-refractivity contribution in [2.45, 2.75) is 0 Å². The average molecular weight is 324 g/mol. The Morgan fingerprint density at radius 2 is 1.57 bits per heavy atom. The molecule has 0 amide bonds. The van der Waals surface area contributed by atoms with Crippen molar-refractivity contribution in [1.82, 2.24) is 0 Å². The van der Waals surface area contributed by atoms with E-state index < -0.39 is 16.1 Å². The minimum atomic E-state index is -4.11. The molecule has 6 heteroatoms. The molecule has 0 saturated heterocycles. The molecular weight excluding hydrogens is 317 g/mol. The zero-order valence-electron chi connectivity index (χ0n) is 3.53. The van der Waals surface area contributed by atoms with Crippen LogP contribution in [0.4, 0.5) is 0 Å². The van der Waals surface area contributed by atoms with Crippen LogP contribution in [0.15, 0.2) is 0 Å². The van der Waals surface area contributed by atoms with Crippen LogP contribution in [0, 0.1) is 0 Å². The van der Waals surface area contributed by atoms with Crippen LogP contribution >= 0.6 is 0 Å². The summed E-state index contributed by atoms with van der Waals surface area (Å²) in [5.74, 6) is -1.20. The van der Waals surface area contributed by atoms with Gasteiger partial charge in [0.05, 0.1) is 0 Å². The first-order valence-electron chi connectivity index (χ1n) is 1.12. The van der Waals surface area contributed by atoms with Crippen LogP contribution in [0.2, 0.25) is 0 Å². The molecule has 46 valence electrons.